The van der Waals surface area contributed by atoms with Gasteiger partial charge in [-0.15, -0.1) is 0 Å². The van der Waals surface area contributed by atoms with E-state index in [0.717, 1.165) is 0 Å². The monoisotopic (exact) mass is 650 g/mol. The lowest BCUT2D eigenvalue weighted by Gasteiger charge is -2.19. The molecular weight excluding hydrogens is 611 g/mol. The highest BCUT2D eigenvalue weighted by Crippen LogP contribution is 2.48. The molecule has 0 spiro atoms. The van der Waals surface area contributed by atoms with Crippen LogP contribution in [0.2, 0.25) is 0 Å². The minimum Gasteiger partial charge on any atom is -0.464 e. The van der Waals surface area contributed by atoms with Gasteiger partial charge in [-0.25, -0.2) is 19.7 Å². The topological polar surface area (TPSA) is 219 Å². The number of ether oxygens (including phenoxy) is 4. The molecule has 2 atom stereocenters. The first-order valence-electron chi connectivity index (χ1n) is 14.2. The van der Waals surface area contributed by atoms with Gasteiger partial charge in [0.05, 0.1) is 32.8 Å². The standard InChI is InChI=1S/C28H39N6O10P/c1-19(2)15-22(29)28(37)40-10-6-11-42-45(38,18-39-12-9-34-17-33-24-25(30)31-16-32-26(24)34)43-14-13-41-27(36)21-7-4-5-8-23(21)44-20(3)35/h4-5,7-8,16-17,19,22H,6,9-15,18,29H2,1-3H3,(H2,30,31,32)/t22-,45?/m1/s1. The number of hydrogen-bond donors (Lipinski definition) is 2. The zero-order valence-corrected chi connectivity index (χ0v) is 26.4. The van der Waals surface area contributed by atoms with Gasteiger partial charge in [0.2, 0.25) is 0 Å². The third-order valence-corrected chi connectivity index (χ3v) is 7.62. The van der Waals surface area contributed by atoms with Crippen LogP contribution in [0.1, 0.15) is 44.0 Å². The number of anilines is 1. The van der Waals surface area contributed by atoms with Crippen LogP contribution < -0.4 is 16.2 Å². The Hall–Kier alpha value is -3.95. The van der Waals surface area contributed by atoms with Gasteiger partial charge in [-0.2, -0.15) is 0 Å². The van der Waals surface area contributed by atoms with Gasteiger partial charge in [0.15, 0.2) is 11.5 Å². The van der Waals surface area contributed by atoms with Crippen LogP contribution >= 0.6 is 7.60 Å². The molecule has 3 rings (SSSR count). The van der Waals surface area contributed by atoms with Gasteiger partial charge in [0.25, 0.3) is 0 Å². The molecule has 0 aliphatic rings. The second-order valence-corrected chi connectivity index (χ2v) is 12.2. The Labute approximate surface area is 260 Å². The van der Waals surface area contributed by atoms with E-state index in [2.05, 4.69) is 15.0 Å². The van der Waals surface area contributed by atoms with Crippen LogP contribution in [0.3, 0.4) is 0 Å². The van der Waals surface area contributed by atoms with Crippen LogP contribution in [0, 0.1) is 5.92 Å². The molecule has 1 aromatic carbocycles. The number of nitrogens with zero attached hydrogens (tertiary/aromatic N) is 4. The predicted octanol–water partition coefficient (Wildman–Crippen LogP) is 2.70. The molecule has 0 bridgehead atoms. The van der Waals surface area contributed by atoms with Gasteiger partial charge in [-0.05, 0) is 24.5 Å². The van der Waals surface area contributed by atoms with E-state index in [-0.39, 0.29) is 62.5 Å². The van der Waals surface area contributed by atoms with E-state index in [1.165, 1.54) is 31.7 Å². The third-order valence-electron chi connectivity index (χ3n) is 5.97. The summed E-state index contributed by atoms with van der Waals surface area (Å²) in [5.41, 5.74) is 12.7. The first kappa shape index (κ1) is 35.5. The lowest BCUT2D eigenvalue weighted by molar-refractivity contribution is -0.145. The molecular formula is C28H39N6O10P. The lowest BCUT2D eigenvalue weighted by Crippen LogP contribution is -2.33. The van der Waals surface area contributed by atoms with E-state index in [9.17, 15) is 18.9 Å². The fourth-order valence-corrected chi connectivity index (χ4v) is 5.26. The van der Waals surface area contributed by atoms with Crippen LogP contribution in [0.4, 0.5) is 5.82 Å². The molecule has 2 heterocycles. The molecule has 17 heteroatoms. The quantitative estimate of drug-likeness (QED) is 0.0824. The molecule has 2 aromatic heterocycles. The van der Waals surface area contributed by atoms with E-state index in [1.54, 1.807) is 16.7 Å². The van der Waals surface area contributed by atoms with E-state index in [4.69, 9.17) is 39.5 Å². The predicted molar refractivity (Wildman–Crippen MR) is 161 cm³/mol. The molecule has 16 nitrogen and oxygen atoms in total. The molecule has 3 aromatic rings. The first-order valence-corrected chi connectivity index (χ1v) is 16.0. The summed E-state index contributed by atoms with van der Waals surface area (Å²) < 4.78 is 47.3. The van der Waals surface area contributed by atoms with Crippen molar-refractivity contribution in [2.75, 3.05) is 45.1 Å². The molecule has 1 unspecified atom stereocenters. The fraction of sp³-hybridized carbons (Fsp3) is 0.500. The van der Waals surface area contributed by atoms with E-state index in [0.29, 0.717) is 24.1 Å². The number of aromatic nitrogens is 4. The Morgan fingerprint density at radius 1 is 0.978 bits per heavy atom. The zero-order chi connectivity index (χ0) is 32.8. The maximum Gasteiger partial charge on any atom is 0.356 e. The number of nitrogens with two attached hydrogens (primary N) is 2. The molecule has 0 amide bonds. The highest BCUT2D eigenvalue weighted by Gasteiger charge is 2.26. The minimum atomic E-state index is -3.86. The highest BCUT2D eigenvalue weighted by molar-refractivity contribution is 7.53. The molecule has 0 aliphatic carbocycles. The number of hydrogen-bond acceptors (Lipinski definition) is 15. The summed E-state index contributed by atoms with van der Waals surface area (Å²) in [4.78, 5) is 48.2. The zero-order valence-electron chi connectivity index (χ0n) is 25.5. The first-order chi connectivity index (χ1) is 21.5. The number of rotatable bonds is 19. The Morgan fingerprint density at radius 3 is 2.49 bits per heavy atom. The summed E-state index contributed by atoms with van der Waals surface area (Å²) >= 11 is 0. The van der Waals surface area contributed by atoms with Crippen molar-refractivity contribution in [1.82, 2.24) is 19.5 Å². The molecule has 4 N–H and O–H groups in total. The van der Waals surface area contributed by atoms with Crippen LogP contribution in [-0.4, -0.2) is 82.9 Å². The minimum absolute atomic E-state index is 0.00351. The van der Waals surface area contributed by atoms with Crippen molar-refractivity contribution in [1.29, 1.82) is 0 Å². The molecule has 0 fully saturated rings. The van der Waals surface area contributed by atoms with Crippen LogP contribution in [0.15, 0.2) is 36.9 Å². The van der Waals surface area contributed by atoms with E-state index < -0.39 is 37.9 Å². The second-order valence-electron chi connectivity index (χ2n) is 10.2. The average Bonchev–Trinajstić information content (AvgIpc) is 3.41. The summed E-state index contributed by atoms with van der Waals surface area (Å²) in [6, 6.07) is 5.36. The Bertz CT molecular complexity index is 1480. The highest BCUT2D eigenvalue weighted by atomic mass is 31.2. The number of imidazole rings is 1. The SMILES string of the molecule is CC(=O)Oc1ccccc1C(=O)OCCOP(=O)(COCCn1cnc2c(N)ncnc21)OCCCOC(=O)[C@H](N)CC(C)C. The Balaban J connectivity index is 1.52. The fourth-order valence-electron chi connectivity index (χ4n) is 3.93. The molecule has 0 radical (unpaired) electrons. The van der Waals surface area contributed by atoms with Crippen molar-refractivity contribution < 1.29 is 46.9 Å². The van der Waals surface area contributed by atoms with Crippen molar-refractivity contribution in [3.63, 3.8) is 0 Å². The van der Waals surface area contributed by atoms with Crippen LogP contribution in [0.25, 0.3) is 11.2 Å². The van der Waals surface area contributed by atoms with Gasteiger partial charge >= 0.3 is 25.5 Å². The van der Waals surface area contributed by atoms with Crippen molar-refractivity contribution >= 4 is 42.5 Å². The largest absolute Gasteiger partial charge is 0.464 e. The summed E-state index contributed by atoms with van der Waals surface area (Å²) in [6.07, 6.45) is 3.15. The lowest BCUT2D eigenvalue weighted by atomic mass is 10.1. The number of carbonyl (C=O) groups excluding carboxylic acids is 3. The molecule has 0 saturated carbocycles. The molecule has 246 valence electrons. The molecule has 45 heavy (non-hydrogen) atoms. The number of benzene rings is 1. The van der Waals surface area contributed by atoms with Crippen molar-refractivity contribution in [2.45, 2.75) is 46.2 Å². The van der Waals surface area contributed by atoms with E-state index in [1.807, 2.05) is 13.8 Å². The van der Waals surface area contributed by atoms with Crippen molar-refractivity contribution in [3.8, 4) is 5.75 Å². The van der Waals surface area contributed by atoms with Gasteiger partial charge in [0.1, 0.15) is 42.2 Å². The number of para-hydroxylation sites is 1. The summed E-state index contributed by atoms with van der Waals surface area (Å²) in [5.74, 6) is -1.36. The van der Waals surface area contributed by atoms with Gasteiger partial charge in [-0.1, -0.05) is 26.0 Å². The second kappa shape index (κ2) is 17.5. The maximum atomic E-state index is 13.5. The Kier molecular flexibility index (Phi) is 13.8. The van der Waals surface area contributed by atoms with E-state index >= 15 is 0 Å². The smallest absolute Gasteiger partial charge is 0.356 e. The number of esters is 3. The van der Waals surface area contributed by atoms with Crippen LogP contribution in [0.5, 0.6) is 5.75 Å². The average molecular weight is 651 g/mol. The summed E-state index contributed by atoms with van der Waals surface area (Å²) in [6.45, 7) is 4.87. The number of carbonyl (C=O) groups is 3. The number of fused-ring (bicyclic) bond motifs is 1. The Morgan fingerprint density at radius 2 is 1.73 bits per heavy atom. The van der Waals surface area contributed by atoms with Gasteiger partial charge < -0.3 is 44.0 Å². The van der Waals surface area contributed by atoms with Crippen molar-refractivity contribution in [3.05, 3.63) is 42.5 Å². The molecule has 0 aliphatic heterocycles. The normalized spacial score (nSPS) is 13.4. The van der Waals surface area contributed by atoms with Crippen LogP contribution in [-0.2, 0) is 44.0 Å². The van der Waals surface area contributed by atoms with Gasteiger partial charge in [0, 0.05) is 19.9 Å². The van der Waals surface area contributed by atoms with Gasteiger partial charge in [-0.3, -0.25) is 14.2 Å². The number of nitrogen functional groups attached to an aromatic ring is 1. The summed E-state index contributed by atoms with van der Waals surface area (Å²) in [7, 11) is -3.86. The maximum absolute atomic E-state index is 13.5. The summed E-state index contributed by atoms with van der Waals surface area (Å²) in [5, 5.41) is 0. The van der Waals surface area contributed by atoms with Crippen molar-refractivity contribution in [2.24, 2.45) is 11.7 Å². The third kappa shape index (κ3) is 11.5. The molecule has 0 saturated heterocycles.